The predicted octanol–water partition coefficient (Wildman–Crippen LogP) is 5.55. The Morgan fingerprint density at radius 1 is 1.03 bits per heavy atom. The molecule has 0 aliphatic heterocycles. The van der Waals surface area contributed by atoms with Gasteiger partial charge in [0.05, 0.1) is 29.3 Å². The van der Waals surface area contributed by atoms with Crippen LogP contribution in [0.5, 0.6) is 0 Å². The number of nitrogens with one attached hydrogen (secondary N) is 2. The van der Waals surface area contributed by atoms with Gasteiger partial charge in [0.2, 0.25) is 0 Å². The zero-order chi connectivity index (χ0) is 26.5. The van der Waals surface area contributed by atoms with Crippen LogP contribution in [0.15, 0.2) is 71.6 Å². The number of rotatable bonds is 10. The van der Waals surface area contributed by atoms with Gasteiger partial charge in [0.1, 0.15) is 5.82 Å². The summed E-state index contributed by atoms with van der Waals surface area (Å²) in [4.78, 5) is 13.0. The Bertz CT molecular complexity index is 1300. The third kappa shape index (κ3) is 6.63. The van der Waals surface area contributed by atoms with Crippen molar-refractivity contribution in [1.82, 2.24) is 5.32 Å². The molecule has 36 heavy (non-hydrogen) atoms. The first-order chi connectivity index (χ1) is 17.1. The molecule has 2 unspecified atom stereocenters. The monoisotopic (exact) mass is 532 g/mol. The molecule has 9 heteroatoms. The molecule has 3 rings (SSSR count). The van der Waals surface area contributed by atoms with E-state index in [4.69, 9.17) is 11.6 Å². The van der Waals surface area contributed by atoms with Gasteiger partial charge in [-0.3, -0.25) is 4.79 Å². The van der Waals surface area contributed by atoms with E-state index in [1.165, 1.54) is 24.3 Å². The van der Waals surface area contributed by atoms with Crippen molar-refractivity contribution in [3.63, 3.8) is 0 Å². The zero-order valence-electron chi connectivity index (χ0n) is 20.3. The zero-order valence-corrected chi connectivity index (χ0v) is 21.9. The number of amides is 1. The van der Waals surface area contributed by atoms with Crippen molar-refractivity contribution in [1.29, 1.82) is 0 Å². The molecule has 0 fully saturated rings. The van der Waals surface area contributed by atoms with Gasteiger partial charge >= 0.3 is 0 Å². The SMILES string of the molecule is CCS(=O)(=O)c1ccc(C(CO)NC(=O)c2ccc(C(Nc3ccc(Cl)cc3)C(C)C)c(F)c2)cc1. The molecule has 0 radical (unpaired) electrons. The van der Waals surface area contributed by atoms with Gasteiger partial charge in [0, 0.05) is 21.8 Å². The maximum absolute atomic E-state index is 15.2. The van der Waals surface area contributed by atoms with E-state index in [1.54, 1.807) is 37.3 Å². The average molecular weight is 533 g/mol. The van der Waals surface area contributed by atoms with Crippen molar-refractivity contribution in [3.05, 3.63) is 94.3 Å². The Morgan fingerprint density at radius 3 is 2.19 bits per heavy atom. The second kappa shape index (κ2) is 11.9. The highest BCUT2D eigenvalue weighted by molar-refractivity contribution is 7.91. The number of carbonyl (C=O) groups is 1. The third-order valence-electron chi connectivity index (χ3n) is 5.94. The smallest absolute Gasteiger partial charge is 0.251 e. The first-order valence-electron chi connectivity index (χ1n) is 11.6. The largest absolute Gasteiger partial charge is 0.394 e. The van der Waals surface area contributed by atoms with Gasteiger partial charge in [-0.25, -0.2) is 12.8 Å². The highest BCUT2D eigenvalue weighted by atomic mass is 35.5. The molecule has 192 valence electrons. The van der Waals surface area contributed by atoms with Gasteiger partial charge in [0.25, 0.3) is 5.91 Å². The molecule has 0 spiro atoms. The number of halogens is 2. The number of anilines is 1. The molecule has 0 aliphatic carbocycles. The fraction of sp³-hybridized carbons (Fsp3) is 0.296. The van der Waals surface area contributed by atoms with E-state index >= 15 is 4.39 Å². The fourth-order valence-corrected chi connectivity index (χ4v) is 4.81. The van der Waals surface area contributed by atoms with E-state index in [9.17, 15) is 18.3 Å². The summed E-state index contributed by atoms with van der Waals surface area (Å²) in [5.41, 5.74) is 1.85. The quantitative estimate of drug-likeness (QED) is 0.318. The maximum atomic E-state index is 15.2. The Balaban J connectivity index is 1.77. The molecule has 1 amide bonds. The topological polar surface area (TPSA) is 95.5 Å². The molecule has 0 saturated carbocycles. The van der Waals surface area contributed by atoms with Crippen LogP contribution in [0.4, 0.5) is 10.1 Å². The Morgan fingerprint density at radius 2 is 1.67 bits per heavy atom. The number of hydrogen-bond acceptors (Lipinski definition) is 5. The first kappa shape index (κ1) is 27.6. The number of sulfone groups is 1. The molecule has 0 aromatic heterocycles. The minimum Gasteiger partial charge on any atom is -0.394 e. The number of aliphatic hydroxyl groups is 1. The maximum Gasteiger partial charge on any atom is 0.251 e. The Hall–Kier alpha value is -2.94. The minimum atomic E-state index is -3.36. The number of carbonyl (C=O) groups excluding carboxylic acids is 1. The van der Waals surface area contributed by atoms with Crippen LogP contribution in [-0.2, 0) is 9.84 Å². The van der Waals surface area contributed by atoms with Gasteiger partial charge < -0.3 is 15.7 Å². The van der Waals surface area contributed by atoms with Crippen LogP contribution in [0.25, 0.3) is 0 Å². The van der Waals surface area contributed by atoms with E-state index in [0.717, 1.165) is 5.69 Å². The van der Waals surface area contributed by atoms with Gasteiger partial charge in [-0.1, -0.05) is 50.6 Å². The van der Waals surface area contributed by atoms with Crippen LogP contribution in [0, 0.1) is 11.7 Å². The summed E-state index contributed by atoms with van der Waals surface area (Å²) in [5.74, 6) is -1.07. The Kier molecular flexibility index (Phi) is 9.11. The van der Waals surface area contributed by atoms with E-state index in [1.807, 2.05) is 26.0 Å². The summed E-state index contributed by atoms with van der Waals surface area (Å²) in [6.45, 7) is 5.08. The van der Waals surface area contributed by atoms with Gasteiger partial charge in [-0.05, 0) is 60.0 Å². The average Bonchev–Trinajstić information content (AvgIpc) is 2.87. The fourth-order valence-electron chi connectivity index (χ4n) is 3.80. The molecule has 0 heterocycles. The Labute approximate surface area is 216 Å². The lowest BCUT2D eigenvalue weighted by Gasteiger charge is -2.25. The predicted molar refractivity (Wildman–Crippen MR) is 141 cm³/mol. The van der Waals surface area contributed by atoms with Crippen LogP contribution < -0.4 is 10.6 Å². The molecule has 0 aliphatic rings. The lowest BCUT2D eigenvalue weighted by Crippen LogP contribution is -2.31. The molecular formula is C27H30ClFN2O4S. The summed E-state index contributed by atoms with van der Waals surface area (Å²) in [5, 5.41) is 16.4. The first-order valence-corrected chi connectivity index (χ1v) is 13.6. The van der Waals surface area contributed by atoms with E-state index < -0.39 is 34.2 Å². The second-order valence-corrected chi connectivity index (χ2v) is 11.5. The molecule has 2 atom stereocenters. The standard InChI is InChI=1S/C27H30ClFN2O4S/c1-4-36(34,35)22-12-5-18(6-13-22)25(16-32)31-27(33)19-7-14-23(24(29)15-19)26(17(2)3)30-21-10-8-20(28)9-11-21/h5-15,17,25-26,30,32H,4,16H2,1-3H3,(H,31,33). The molecule has 0 saturated heterocycles. The van der Waals surface area contributed by atoms with E-state index in [0.29, 0.717) is 16.1 Å². The summed E-state index contributed by atoms with van der Waals surface area (Å²) >= 11 is 5.95. The van der Waals surface area contributed by atoms with Crippen molar-refractivity contribution in [2.45, 2.75) is 37.8 Å². The molecule has 3 N–H and O–H groups in total. The third-order valence-corrected chi connectivity index (χ3v) is 7.94. The number of benzene rings is 3. The van der Waals surface area contributed by atoms with Crippen molar-refractivity contribution in [3.8, 4) is 0 Å². The molecule has 3 aromatic carbocycles. The van der Waals surface area contributed by atoms with Crippen LogP contribution in [0.1, 0.15) is 54.3 Å². The number of hydrogen-bond donors (Lipinski definition) is 3. The molecule has 0 bridgehead atoms. The molecular weight excluding hydrogens is 503 g/mol. The van der Waals surface area contributed by atoms with E-state index in [2.05, 4.69) is 10.6 Å². The lowest BCUT2D eigenvalue weighted by atomic mass is 9.94. The van der Waals surface area contributed by atoms with E-state index in [-0.39, 0.29) is 28.2 Å². The normalized spacial score (nSPS) is 13.3. The molecule has 3 aromatic rings. The highest BCUT2D eigenvalue weighted by Crippen LogP contribution is 2.30. The lowest BCUT2D eigenvalue weighted by molar-refractivity contribution is 0.0915. The van der Waals surface area contributed by atoms with Crippen LogP contribution in [-0.4, -0.2) is 31.8 Å². The summed E-state index contributed by atoms with van der Waals surface area (Å²) in [6, 6.07) is 16.3. The van der Waals surface area contributed by atoms with Crippen LogP contribution >= 0.6 is 11.6 Å². The van der Waals surface area contributed by atoms with Crippen LogP contribution in [0.3, 0.4) is 0 Å². The van der Waals surface area contributed by atoms with Crippen molar-refractivity contribution < 1.29 is 22.7 Å². The summed E-state index contributed by atoms with van der Waals surface area (Å²) < 4.78 is 39.2. The van der Waals surface area contributed by atoms with Crippen molar-refractivity contribution in [2.75, 3.05) is 17.7 Å². The summed E-state index contributed by atoms with van der Waals surface area (Å²) in [6.07, 6.45) is 0. The highest BCUT2D eigenvalue weighted by Gasteiger charge is 2.22. The van der Waals surface area contributed by atoms with Crippen molar-refractivity contribution >= 4 is 33.0 Å². The number of aliphatic hydroxyl groups excluding tert-OH is 1. The second-order valence-electron chi connectivity index (χ2n) is 8.79. The van der Waals surface area contributed by atoms with Gasteiger partial charge in [-0.2, -0.15) is 0 Å². The summed E-state index contributed by atoms with van der Waals surface area (Å²) in [7, 11) is -3.36. The molecule has 6 nitrogen and oxygen atoms in total. The van der Waals surface area contributed by atoms with Gasteiger partial charge in [-0.15, -0.1) is 0 Å². The van der Waals surface area contributed by atoms with Crippen molar-refractivity contribution in [2.24, 2.45) is 5.92 Å². The minimum absolute atomic E-state index is 0.0268. The van der Waals surface area contributed by atoms with Crippen LogP contribution in [0.2, 0.25) is 5.02 Å². The van der Waals surface area contributed by atoms with Gasteiger partial charge in [0.15, 0.2) is 9.84 Å².